The monoisotopic (exact) mass is 302 g/mol. The number of hydrogen-bond acceptors (Lipinski definition) is 3. The van der Waals surface area contributed by atoms with Crippen molar-refractivity contribution >= 4 is 34.9 Å². The molecular weight excluding hydrogens is 288 g/mol. The van der Waals surface area contributed by atoms with Gasteiger partial charge in [-0.1, -0.05) is 30.3 Å². The quantitative estimate of drug-likeness (QED) is 0.795. The van der Waals surface area contributed by atoms with Crippen LogP contribution >= 0.6 is 11.6 Å². The van der Waals surface area contributed by atoms with Gasteiger partial charge in [-0.3, -0.25) is 9.79 Å². The Hall–Kier alpha value is -2.33. The van der Waals surface area contributed by atoms with Crippen LogP contribution in [0, 0.1) is 0 Å². The molecule has 5 heteroatoms. The minimum atomic E-state index is -0.0516. The van der Waals surface area contributed by atoms with Crippen LogP contribution in [-0.4, -0.2) is 31.6 Å². The molecule has 2 aromatic rings. The Morgan fingerprint density at radius 1 is 1.29 bits per heavy atom. The summed E-state index contributed by atoms with van der Waals surface area (Å²) in [5.41, 5.74) is 1.97. The molecule has 0 fully saturated rings. The van der Waals surface area contributed by atoms with E-state index < -0.39 is 0 Å². The Bertz CT molecular complexity index is 700. The van der Waals surface area contributed by atoms with Gasteiger partial charge in [0.2, 0.25) is 0 Å². The Labute approximate surface area is 128 Å². The van der Waals surface area contributed by atoms with E-state index in [2.05, 4.69) is 18.3 Å². The summed E-state index contributed by atoms with van der Waals surface area (Å²) >= 11 is 5.86. The lowest BCUT2D eigenvalue weighted by molar-refractivity contribution is 0.0827. The van der Waals surface area contributed by atoms with Crippen LogP contribution in [0.25, 0.3) is 16.4 Å². The van der Waals surface area contributed by atoms with E-state index in [9.17, 15) is 4.79 Å². The van der Waals surface area contributed by atoms with Crippen LogP contribution in [0.4, 0.5) is 5.69 Å². The van der Waals surface area contributed by atoms with Gasteiger partial charge in [0.15, 0.2) is 5.76 Å². The van der Waals surface area contributed by atoms with Crippen molar-refractivity contribution in [1.82, 2.24) is 4.90 Å². The lowest BCUT2D eigenvalue weighted by Gasteiger charge is -2.10. The fourth-order valence-electron chi connectivity index (χ4n) is 1.87. The van der Waals surface area contributed by atoms with Crippen LogP contribution in [0.3, 0.4) is 0 Å². The Kier molecular flexibility index (Phi) is 4.29. The van der Waals surface area contributed by atoms with Crippen molar-refractivity contribution < 1.29 is 9.21 Å². The molecule has 0 N–H and O–H groups in total. The molecule has 0 saturated heterocycles. The number of halogens is 1. The number of benzene rings is 1. The zero-order chi connectivity index (χ0) is 15.6. The van der Waals surface area contributed by atoms with Crippen molar-refractivity contribution in [3.63, 3.8) is 0 Å². The highest BCUT2D eigenvalue weighted by Gasteiger charge is 2.14. The fourth-order valence-corrected chi connectivity index (χ4v) is 2.01. The molecule has 1 heterocycles. The Balaban J connectivity index is 2.37. The second-order valence-corrected chi connectivity index (χ2v) is 5.12. The predicted molar refractivity (Wildman–Crippen MR) is 86.3 cm³/mol. The van der Waals surface area contributed by atoms with Crippen LogP contribution in [0.1, 0.15) is 16.1 Å². The molecule has 0 saturated carbocycles. The number of furan rings is 1. The molecule has 1 aromatic heterocycles. The summed E-state index contributed by atoms with van der Waals surface area (Å²) in [6.07, 6.45) is 0. The standard InChI is InChI=1S/C16H15ClN2O2/c1-10(17)15-13(18-2)9-14(21-15)11-5-7-12(8-6-11)16(20)19(3)4/h5-9H,1-2H2,3-4H3. The van der Waals surface area contributed by atoms with Crippen molar-refractivity contribution in [3.8, 4) is 11.3 Å². The number of carbonyl (C=O) groups is 1. The van der Waals surface area contributed by atoms with Crippen molar-refractivity contribution in [2.24, 2.45) is 4.99 Å². The average molecular weight is 303 g/mol. The van der Waals surface area contributed by atoms with E-state index in [0.717, 1.165) is 5.56 Å². The van der Waals surface area contributed by atoms with E-state index in [-0.39, 0.29) is 10.9 Å². The van der Waals surface area contributed by atoms with Gasteiger partial charge < -0.3 is 9.32 Å². The number of nitrogens with zero attached hydrogens (tertiary/aromatic N) is 2. The first-order chi connectivity index (χ1) is 9.93. The molecule has 0 bridgehead atoms. The van der Waals surface area contributed by atoms with Gasteiger partial charge in [-0.05, 0) is 18.9 Å². The normalized spacial score (nSPS) is 10.2. The van der Waals surface area contributed by atoms with E-state index in [1.807, 2.05) is 12.1 Å². The van der Waals surface area contributed by atoms with E-state index in [1.165, 1.54) is 4.90 Å². The molecule has 108 valence electrons. The third kappa shape index (κ3) is 3.06. The second kappa shape index (κ2) is 5.97. The van der Waals surface area contributed by atoms with Crippen LogP contribution < -0.4 is 0 Å². The summed E-state index contributed by atoms with van der Waals surface area (Å²) in [6.45, 7) is 7.11. The van der Waals surface area contributed by atoms with Gasteiger partial charge in [-0.2, -0.15) is 0 Å². The van der Waals surface area contributed by atoms with Crippen molar-refractivity contribution in [1.29, 1.82) is 0 Å². The first-order valence-corrected chi connectivity index (χ1v) is 6.59. The van der Waals surface area contributed by atoms with Gasteiger partial charge in [0.25, 0.3) is 5.91 Å². The molecule has 1 amide bonds. The Morgan fingerprint density at radius 2 is 1.90 bits per heavy atom. The highest BCUT2D eigenvalue weighted by atomic mass is 35.5. The number of amides is 1. The highest BCUT2D eigenvalue weighted by molar-refractivity contribution is 6.48. The summed E-state index contributed by atoms with van der Waals surface area (Å²) in [5.74, 6) is 0.942. The zero-order valence-electron chi connectivity index (χ0n) is 11.9. The van der Waals surface area contributed by atoms with Crippen LogP contribution in [0.15, 0.2) is 46.3 Å². The van der Waals surface area contributed by atoms with Gasteiger partial charge >= 0.3 is 0 Å². The summed E-state index contributed by atoms with van der Waals surface area (Å²) in [6, 6.07) is 8.85. The van der Waals surface area contributed by atoms with E-state index in [1.54, 1.807) is 32.3 Å². The molecule has 0 spiro atoms. The molecule has 0 aliphatic rings. The minimum Gasteiger partial charge on any atom is -0.453 e. The van der Waals surface area contributed by atoms with Crippen LogP contribution in [0.5, 0.6) is 0 Å². The van der Waals surface area contributed by atoms with E-state index in [4.69, 9.17) is 16.0 Å². The molecule has 4 nitrogen and oxygen atoms in total. The van der Waals surface area contributed by atoms with Crippen LogP contribution in [0.2, 0.25) is 0 Å². The molecule has 1 aromatic carbocycles. The maximum absolute atomic E-state index is 11.8. The van der Waals surface area contributed by atoms with Gasteiger partial charge in [-0.25, -0.2) is 0 Å². The number of rotatable bonds is 4. The number of hydrogen-bond donors (Lipinski definition) is 0. The maximum Gasteiger partial charge on any atom is 0.253 e. The van der Waals surface area contributed by atoms with Gasteiger partial charge in [0.05, 0.1) is 5.03 Å². The summed E-state index contributed by atoms with van der Waals surface area (Å²) in [4.78, 5) is 17.2. The van der Waals surface area contributed by atoms with Crippen molar-refractivity contribution in [3.05, 3.63) is 48.2 Å². The molecule has 0 aliphatic carbocycles. The van der Waals surface area contributed by atoms with E-state index >= 15 is 0 Å². The van der Waals surface area contributed by atoms with Gasteiger partial charge in [0, 0.05) is 31.3 Å². The lowest BCUT2D eigenvalue weighted by Crippen LogP contribution is -2.21. The second-order valence-electron chi connectivity index (χ2n) is 4.66. The Morgan fingerprint density at radius 3 is 2.33 bits per heavy atom. The zero-order valence-corrected chi connectivity index (χ0v) is 12.6. The molecule has 21 heavy (non-hydrogen) atoms. The third-order valence-corrected chi connectivity index (χ3v) is 3.12. The summed E-state index contributed by atoms with van der Waals surface area (Å²) < 4.78 is 5.64. The van der Waals surface area contributed by atoms with E-state index in [0.29, 0.717) is 22.8 Å². The number of carbonyl (C=O) groups excluding carboxylic acids is 1. The molecule has 2 rings (SSSR count). The molecular formula is C16H15ClN2O2. The first kappa shape index (κ1) is 15.1. The largest absolute Gasteiger partial charge is 0.453 e. The van der Waals surface area contributed by atoms with Crippen molar-refractivity contribution in [2.45, 2.75) is 0 Å². The molecule has 0 aliphatic heterocycles. The molecule has 0 atom stereocenters. The molecule has 0 radical (unpaired) electrons. The summed E-state index contributed by atoms with van der Waals surface area (Å²) in [7, 11) is 3.42. The van der Waals surface area contributed by atoms with Gasteiger partial charge in [0.1, 0.15) is 11.4 Å². The SMILES string of the molecule is C=Nc1cc(-c2ccc(C(=O)N(C)C)cc2)oc1C(=C)Cl. The minimum absolute atomic E-state index is 0.0516. The van der Waals surface area contributed by atoms with Gasteiger partial charge in [-0.15, -0.1) is 0 Å². The molecule has 0 unspecified atom stereocenters. The van der Waals surface area contributed by atoms with Crippen molar-refractivity contribution in [2.75, 3.05) is 14.1 Å². The van der Waals surface area contributed by atoms with Crippen LogP contribution in [-0.2, 0) is 0 Å². The predicted octanol–water partition coefficient (Wildman–Crippen LogP) is 4.19. The highest BCUT2D eigenvalue weighted by Crippen LogP contribution is 2.35. The fraction of sp³-hybridized carbons (Fsp3) is 0.125. The first-order valence-electron chi connectivity index (χ1n) is 6.21. The average Bonchev–Trinajstić information content (AvgIpc) is 2.91. The smallest absolute Gasteiger partial charge is 0.253 e. The topological polar surface area (TPSA) is 45.8 Å². The number of aliphatic imine (C=N–C) groups is 1. The summed E-state index contributed by atoms with van der Waals surface area (Å²) in [5, 5.41) is 0.267. The maximum atomic E-state index is 11.8. The lowest BCUT2D eigenvalue weighted by atomic mass is 10.1. The third-order valence-electron chi connectivity index (χ3n) is 2.95.